The lowest BCUT2D eigenvalue weighted by atomic mass is 9.97. The van der Waals surface area contributed by atoms with Crippen molar-refractivity contribution in [3.63, 3.8) is 0 Å². The van der Waals surface area contributed by atoms with Crippen LogP contribution in [0.1, 0.15) is 18.5 Å². The molecule has 0 saturated carbocycles. The lowest BCUT2D eigenvalue weighted by Crippen LogP contribution is -2.40. The van der Waals surface area contributed by atoms with Crippen LogP contribution in [0.5, 0.6) is 0 Å². The molecule has 0 amide bonds. The van der Waals surface area contributed by atoms with Gasteiger partial charge in [-0.15, -0.1) is 0 Å². The molecule has 10 heteroatoms. The molecule has 0 aliphatic carbocycles. The normalized spacial score (nSPS) is 17.7. The van der Waals surface area contributed by atoms with Gasteiger partial charge >= 0.3 is 6.18 Å². The van der Waals surface area contributed by atoms with Crippen molar-refractivity contribution in [1.29, 1.82) is 0 Å². The first-order valence-corrected chi connectivity index (χ1v) is 8.98. The largest absolute Gasteiger partial charge is 0.433 e. The molecule has 0 bridgehead atoms. The molecule has 0 spiro atoms. The second kappa shape index (κ2) is 6.60. The predicted molar refractivity (Wildman–Crippen MR) is 79.4 cm³/mol. The summed E-state index contributed by atoms with van der Waals surface area (Å²) in [6.07, 6.45) is -0.875. The van der Waals surface area contributed by atoms with Gasteiger partial charge in [0.05, 0.1) is 6.26 Å². The van der Waals surface area contributed by atoms with Crippen molar-refractivity contribution in [3.8, 4) is 0 Å². The number of hydrogen-bond acceptors (Lipinski definition) is 5. The molecular weight excluding hydrogens is 333 g/mol. The lowest BCUT2D eigenvalue weighted by Gasteiger charge is -2.33. The van der Waals surface area contributed by atoms with Gasteiger partial charge in [-0.25, -0.2) is 22.7 Å². The highest BCUT2D eigenvalue weighted by Crippen LogP contribution is 2.29. The number of rotatable bonds is 4. The first-order valence-electron chi connectivity index (χ1n) is 7.14. The van der Waals surface area contributed by atoms with Gasteiger partial charge in [0.1, 0.15) is 5.69 Å². The van der Waals surface area contributed by atoms with Crippen molar-refractivity contribution in [2.75, 3.05) is 37.8 Å². The van der Waals surface area contributed by atoms with Gasteiger partial charge in [-0.1, -0.05) is 0 Å². The van der Waals surface area contributed by atoms with E-state index in [1.807, 2.05) is 0 Å². The zero-order valence-electron chi connectivity index (χ0n) is 12.9. The summed E-state index contributed by atoms with van der Waals surface area (Å²) in [7, 11) is -1.69. The Morgan fingerprint density at radius 2 is 1.96 bits per heavy atom. The van der Waals surface area contributed by atoms with Gasteiger partial charge in [-0.05, 0) is 24.8 Å². The Kier molecular flexibility index (Phi) is 5.14. The molecule has 130 valence electrons. The summed E-state index contributed by atoms with van der Waals surface area (Å²) >= 11 is 0. The summed E-state index contributed by atoms with van der Waals surface area (Å²) in [6.45, 7) is 1.42. The smallest absolute Gasteiger partial charge is 0.341 e. The third kappa shape index (κ3) is 4.77. The number of halogens is 3. The monoisotopic (exact) mass is 352 g/mol. The van der Waals surface area contributed by atoms with E-state index in [0.717, 1.165) is 18.5 Å². The van der Waals surface area contributed by atoms with Crippen molar-refractivity contribution in [2.45, 2.75) is 19.0 Å². The van der Waals surface area contributed by atoms with E-state index in [1.165, 1.54) is 11.4 Å². The quantitative estimate of drug-likeness (QED) is 0.824. The Bertz CT molecular complexity index is 643. The SMILES string of the molecule is CN(CC1CCN(c2nccc(C(F)(F)F)n2)CC1)S(C)(=O)=O. The molecule has 1 saturated heterocycles. The van der Waals surface area contributed by atoms with Crippen molar-refractivity contribution in [1.82, 2.24) is 14.3 Å². The molecule has 1 aromatic rings. The number of sulfonamides is 1. The second-order valence-electron chi connectivity index (χ2n) is 5.71. The standard InChI is InChI=1S/C13H19F3N4O2S/c1-19(23(2,21)22)9-10-4-7-20(8-5-10)12-17-6-3-11(18-12)13(14,15)16/h3,6,10H,4-5,7-9H2,1-2H3. The maximum absolute atomic E-state index is 12.7. The maximum Gasteiger partial charge on any atom is 0.433 e. The average molecular weight is 352 g/mol. The Hall–Kier alpha value is -1.42. The highest BCUT2D eigenvalue weighted by Gasteiger charge is 2.33. The van der Waals surface area contributed by atoms with Gasteiger partial charge in [0.15, 0.2) is 0 Å². The third-order valence-corrected chi connectivity index (χ3v) is 5.19. The van der Waals surface area contributed by atoms with Crippen molar-refractivity contribution in [2.24, 2.45) is 5.92 Å². The molecule has 6 nitrogen and oxygen atoms in total. The highest BCUT2D eigenvalue weighted by molar-refractivity contribution is 7.88. The molecule has 1 aromatic heterocycles. The summed E-state index contributed by atoms with van der Waals surface area (Å²) < 4.78 is 62.2. The van der Waals surface area contributed by atoms with E-state index >= 15 is 0 Å². The van der Waals surface area contributed by atoms with Crippen LogP contribution in [0.3, 0.4) is 0 Å². The Labute approximate surface area is 133 Å². The molecule has 2 rings (SSSR count). The minimum atomic E-state index is -4.49. The molecular formula is C13H19F3N4O2S. The zero-order chi connectivity index (χ0) is 17.3. The van der Waals surface area contributed by atoms with E-state index in [0.29, 0.717) is 32.5 Å². The predicted octanol–water partition coefficient (Wildman–Crippen LogP) is 1.60. The van der Waals surface area contributed by atoms with Crippen LogP contribution in [0.2, 0.25) is 0 Å². The van der Waals surface area contributed by atoms with Crippen LogP contribution >= 0.6 is 0 Å². The lowest BCUT2D eigenvalue weighted by molar-refractivity contribution is -0.141. The van der Waals surface area contributed by atoms with Gasteiger partial charge in [0.25, 0.3) is 0 Å². The van der Waals surface area contributed by atoms with Gasteiger partial charge in [0, 0.05) is 32.9 Å². The Balaban J connectivity index is 1.97. The van der Waals surface area contributed by atoms with Gasteiger partial charge in [-0.2, -0.15) is 13.2 Å². The molecule has 1 fully saturated rings. The van der Waals surface area contributed by atoms with Crippen LogP contribution in [-0.2, 0) is 16.2 Å². The second-order valence-corrected chi connectivity index (χ2v) is 7.80. The first-order chi connectivity index (χ1) is 10.6. The number of nitrogens with zero attached hydrogens (tertiary/aromatic N) is 4. The molecule has 1 aliphatic heterocycles. The van der Waals surface area contributed by atoms with Crippen LogP contribution < -0.4 is 4.90 Å². The fraction of sp³-hybridized carbons (Fsp3) is 0.692. The van der Waals surface area contributed by atoms with Crippen LogP contribution in [0, 0.1) is 5.92 Å². The van der Waals surface area contributed by atoms with Crippen molar-refractivity contribution in [3.05, 3.63) is 18.0 Å². The molecule has 0 aromatic carbocycles. The molecule has 0 unspecified atom stereocenters. The van der Waals surface area contributed by atoms with E-state index in [-0.39, 0.29) is 11.9 Å². The van der Waals surface area contributed by atoms with Gasteiger partial charge in [-0.3, -0.25) is 0 Å². The molecule has 2 heterocycles. The van der Waals surface area contributed by atoms with Crippen LogP contribution in [0.4, 0.5) is 19.1 Å². The summed E-state index contributed by atoms with van der Waals surface area (Å²) in [4.78, 5) is 9.19. The molecule has 0 atom stereocenters. The minimum Gasteiger partial charge on any atom is -0.341 e. The van der Waals surface area contributed by atoms with Gasteiger partial charge < -0.3 is 4.90 Å². The highest BCUT2D eigenvalue weighted by atomic mass is 32.2. The molecule has 0 N–H and O–H groups in total. The summed E-state index contributed by atoms with van der Waals surface area (Å²) in [5, 5.41) is 0. The summed E-state index contributed by atoms with van der Waals surface area (Å²) in [5.74, 6) is 0.242. The van der Waals surface area contributed by atoms with Crippen molar-refractivity contribution < 1.29 is 21.6 Å². The van der Waals surface area contributed by atoms with E-state index in [2.05, 4.69) is 9.97 Å². The van der Waals surface area contributed by atoms with E-state index in [4.69, 9.17) is 0 Å². The fourth-order valence-electron chi connectivity index (χ4n) is 2.47. The minimum absolute atomic E-state index is 0.0646. The molecule has 1 aliphatic rings. The van der Waals surface area contributed by atoms with Crippen LogP contribution in [-0.4, -0.2) is 55.6 Å². The number of anilines is 1. The molecule has 23 heavy (non-hydrogen) atoms. The number of aromatic nitrogens is 2. The van der Waals surface area contributed by atoms with E-state index in [9.17, 15) is 21.6 Å². The number of alkyl halides is 3. The Morgan fingerprint density at radius 3 is 2.48 bits per heavy atom. The summed E-state index contributed by atoms with van der Waals surface area (Å²) in [6, 6.07) is 0.845. The van der Waals surface area contributed by atoms with E-state index < -0.39 is 21.9 Å². The van der Waals surface area contributed by atoms with Crippen molar-refractivity contribution >= 4 is 16.0 Å². The fourth-order valence-corrected chi connectivity index (χ4v) is 2.95. The number of hydrogen-bond donors (Lipinski definition) is 0. The summed E-state index contributed by atoms with van der Waals surface area (Å²) in [5.41, 5.74) is -0.957. The van der Waals surface area contributed by atoms with E-state index in [1.54, 1.807) is 4.90 Å². The van der Waals surface area contributed by atoms with Crippen LogP contribution in [0.15, 0.2) is 12.3 Å². The Morgan fingerprint density at radius 1 is 1.35 bits per heavy atom. The van der Waals surface area contributed by atoms with Crippen LogP contribution in [0.25, 0.3) is 0 Å². The maximum atomic E-state index is 12.7. The first kappa shape index (κ1) is 17.9. The topological polar surface area (TPSA) is 66.4 Å². The third-order valence-electron chi connectivity index (χ3n) is 3.91. The zero-order valence-corrected chi connectivity index (χ0v) is 13.7. The average Bonchev–Trinajstić information content (AvgIpc) is 2.46. The number of piperidine rings is 1. The molecule has 0 radical (unpaired) electrons. The van der Waals surface area contributed by atoms with Gasteiger partial charge in [0.2, 0.25) is 16.0 Å².